The summed E-state index contributed by atoms with van der Waals surface area (Å²) in [6.07, 6.45) is 13.6. The highest BCUT2D eigenvalue weighted by molar-refractivity contribution is 7.90. The summed E-state index contributed by atoms with van der Waals surface area (Å²) in [5.41, 5.74) is 8.88. The van der Waals surface area contributed by atoms with Crippen LogP contribution >= 0.6 is 0 Å². The standard InChI is InChI=1S/C32H41N5O2S/c33-32-26(13-12-21-35-32)23-36(22-11-3-10-20-34-28-14-4-1-5-15-28)24-27-25-37(31-19-9-8-18-30(27)31)40(38,39)29-16-6-2-7-17-29/h2,6-9,12-13,16-19,21,25,28,34H,1,3-5,10-11,14-15,20,22-24H2,(H2,33,35). The number of rotatable bonds is 13. The Kier molecular flexibility index (Phi) is 9.52. The molecule has 7 nitrogen and oxygen atoms in total. The predicted octanol–water partition coefficient (Wildman–Crippen LogP) is 5.95. The summed E-state index contributed by atoms with van der Waals surface area (Å²) < 4.78 is 28.6. The summed E-state index contributed by atoms with van der Waals surface area (Å²) in [4.78, 5) is 6.93. The Morgan fingerprint density at radius 1 is 0.875 bits per heavy atom. The summed E-state index contributed by atoms with van der Waals surface area (Å²) in [6, 6.07) is 21.0. The van der Waals surface area contributed by atoms with Crippen molar-refractivity contribution in [3.8, 4) is 0 Å². The molecule has 40 heavy (non-hydrogen) atoms. The zero-order chi connectivity index (χ0) is 27.8. The number of nitrogen functional groups attached to an aromatic ring is 1. The average molecular weight is 560 g/mol. The van der Waals surface area contributed by atoms with Gasteiger partial charge in [-0.3, -0.25) is 4.90 Å². The van der Waals surface area contributed by atoms with Crippen LogP contribution in [0.25, 0.3) is 10.9 Å². The van der Waals surface area contributed by atoms with Crippen molar-refractivity contribution in [2.75, 3.05) is 18.8 Å². The van der Waals surface area contributed by atoms with Gasteiger partial charge in [0.1, 0.15) is 5.82 Å². The molecule has 1 fully saturated rings. The molecule has 0 atom stereocenters. The molecule has 2 aromatic carbocycles. The number of nitrogens with two attached hydrogens (primary N) is 1. The molecular formula is C32H41N5O2S. The molecular weight excluding hydrogens is 518 g/mol. The largest absolute Gasteiger partial charge is 0.383 e. The van der Waals surface area contributed by atoms with Gasteiger partial charge in [-0.05, 0) is 68.6 Å². The van der Waals surface area contributed by atoms with Crippen LogP contribution in [-0.4, -0.2) is 41.4 Å². The van der Waals surface area contributed by atoms with E-state index in [2.05, 4.69) is 15.2 Å². The van der Waals surface area contributed by atoms with Gasteiger partial charge in [-0.15, -0.1) is 0 Å². The normalized spacial score (nSPS) is 14.7. The molecule has 1 aliphatic carbocycles. The van der Waals surface area contributed by atoms with Crippen molar-refractivity contribution in [1.82, 2.24) is 19.2 Å². The van der Waals surface area contributed by atoms with Crippen LogP contribution in [0.5, 0.6) is 0 Å². The van der Waals surface area contributed by atoms with E-state index < -0.39 is 10.0 Å². The number of nitrogens with zero attached hydrogens (tertiary/aromatic N) is 3. The lowest BCUT2D eigenvalue weighted by Gasteiger charge is -2.24. The number of anilines is 1. The number of hydrogen-bond acceptors (Lipinski definition) is 6. The first kappa shape index (κ1) is 28.3. The van der Waals surface area contributed by atoms with Gasteiger partial charge in [-0.25, -0.2) is 17.4 Å². The molecule has 0 aliphatic heterocycles. The van der Waals surface area contributed by atoms with Crippen LogP contribution < -0.4 is 11.1 Å². The first-order valence-electron chi connectivity index (χ1n) is 14.6. The highest BCUT2D eigenvalue weighted by Gasteiger charge is 2.22. The fraction of sp³-hybridized carbons (Fsp3) is 0.406. The van der Waals surface area contributed by atoms with E-state index in [0.717, 1.165) is 48.9 Å². The van der Waals surface area contributed by atoms with Crippen molar-refractivity contribution in [2.45, 2.75) is 75.4 Å². The second-order valence-electron chi connectivity index (χ2n) is 10.9. The van der Waals surface area contributed by atoms with Gasteiger partial charge in [0.25, 0.3) is 10.0 Å². The monoisotopic (exact) mass is 559 g/mol. The Balaban J connectivity index is 1.32. The molecule has 0 amide bonds. The molecule has 8 heteroatoms. The molecule has 2 aromatic heterocycles. The van der Waals surface area contributed by atoms with Gasteiger partial charge in [-0.2, -0.15) is 0 Å². The SMILES string of the molecule is Nc1ncccc1CN(CCCCCNC1CCCCC1)Cc1cn(S(=O)(=O)c2ccccc2)c2ccccc12. The highest BCUT2D eigenvalue weighted by Crippen LogP contribution is 2.28. The van der Waals surface area contributed by atoms with E-state index in [4.69, 9.17) is 5.73 Å². The Bertz CT molecular complexity index is 1480. The summed E-state index contributed by atoms with van der Waals surface area (Å²) in [5, 5.41) is 4.70. The summed E-state index contributed by atoms with van der Waals surface area (Å²) in [5.74, 6) is 0.540. The molecule has 0 unspecified atom stereocenters. The maximum absolute atomic E-state index is 13.6. The molecule has 0 bridgehead atoms. The minimum absolute atomic E-state index is 0.282. The Morgan fingerprint density at radius 3 is 2.42 bits per heavy atom. The van der Waals surface area contributed by atoms with Gasteiger partial charge in [-0.1, -0.05) is 68.1 Å². The topological polar surface area (TPSA) is 93.2 Å². The quantitative estimate of drug-likeness (QED) is 0.197. The van der Waals surface area contributed by atoms with Gasteiger partial charge < -0.3 is 11.1 Å². The van der Waals surface area contributed by atoms with E-state index >= 15 is 0 Å². The zero-order valence-electron chi connectivity index (χ0n) is 23.2. The van der Waals surface area contributed by atoms with Crippen LogP contribution in [0.2, 0.25) is 0 Å². The van der Waals surface area contributed by atoms with Crippen molar-refractivity contribution in [3.05, 3.63) is 90.3 Å². The lowest BCUT2D eigenvalue weighted by Crippen LogP contribution is -2.31. The van der Waals surface area contributed by atoms with Crippen molar-refractivity contribution in [3.63, 3.8) is 0 Å². The fourth-order valence-electron chi connectivity index (χ4n) is 5.78. The first-order chi connectivity index (χ1) is 19.5. The van der Waals surface area contributed by atoms with Crippen molar-refractivity contribution in [1.29, 1.82) is 0 Å². The second-order valence-corrected chi connectivity index (χ2v) is 12.7. The van der Waals surface area contributed by atoms with Gasteiger partial charge >= 0.3 is 0 Å². The zero-order valence-corrected chi connectivity index (χ0v) is 24.0. The van der Waals surface area contributed by atoms with Crippen molar-refractivity contribution >= 4 is 26.7 Å². The van der Waals surface area contributed by atoms with Crippen LogP contribution in [0.15, 0.2) is 84.0 Å². The highest BCUT2D eigenvalue weighted by atomic mass is 32.2. The van der Waals surface area contributed by atoms with Crippen molar-refractivity contribution < 1.29 is 8.42 Å². The van der Waals surface area contributed by atoms with Gasteiger partial charge in [0, 0.05) is 42.5 Å². The van der Waals surface area contributed by atoms with E-state index in [0.29, 0.717) is 30.5 Å². The molecule has 2 heterocycles. The molecule has 5 rings (SSSR count). The Labute approximate surface area is 238 Å². The number of unbranched alkanes of at least 4 members (excludes halogenated alkanes) is 2. The average Bonchev–Trinajstić information content (AvgIpc) is 3.36. The van der Waals surface area contributed by atoms with Crippen LogP contribution in [0, 0.1) is 0 Å². The van der Waals surface area contributed by atoms with Crippen LogP contribution in [0.4, 0.5) is 5.82 Å². The maximum atomic E-state index is 13.6. The fourth-order valence-corrected chi connectivity index (χ4v) is 7.19. The lowest BCUT2D eigenvalue weighted by atomic mass is 9.95. The number of aromatic nitrogens is 2. The third kappa shape index (κ3) is 6.92. The smallest absolute Gasteiger partial charge is 0.268 e. The van der Waals surface area contributed by atoms with Crippen LogP contribution in [0.1, 0.15) is 62.5 Å². The van der Waals surface area contributed by atoms with E-state index in [1.807, 2.05) is 42.5 Å². The molecule has 0 saturated heterocycles. The van der Waals surface area contributed by atoms with Gasteiger partial charge in [0.2, 0.25) is 0 Å². The van der Waals surface area contributed by atoms with Crippen LogP contribution in [-0.2, 0) is 23.1 Å². The van der Waals surface area contributed by atoms with Crippen LogP contribution in [0.3, 0.4) is 0 Å². The minimum atomic E-state index is -3.72. The van der Waals surface area contributed by atoms with E-state index in [1.54, 1.807) is 36.7 Å². The number of nitrogens with one attached hydrogen (secondary N) is 1. The number of hydrogen-bond donors (Lipinski definition) is 2. The molecule has 0 radical (unpaired) electrons. The van der Waals surface area contributed by atoms with Gasteiger partial charge in [0.15, 0.2) is 0 Å². The van der Waals surface area contributed by atoms with Crippen molar-refractivity contribution in [2.24, 2.45) is 0 Å². The molecule has 0 spiro atoms. The molecule has 4 aromatic rings. The van der Waals surface area contributed by atoms with Gasteiger partial charge in [0.05, 0.1) is 10.4 Å². The number of pyridine rings is 1. The third-order valence-corrected chi connectivity index (χ3v) is 9.65. The molecule has 3 N–H and O–H groups in total. The predicted molar refractivity (Wildman–Crippen MR) is 162 cm³/mol. The third-order valence-electron chi connectivity index (χ3n) is 7.96. The summed E-state index contributed by atoms with van der Waals surface area (Å²) in [6.45, 7) is 3.24. The number of benzene rings is 2. The van der Waals surface area contributed by atoms with E-state index in [9.17, 15) is 8.42 Å². The lowest BCUT2D eigenvalue weighted by molar-refractivity contribution is 0.251. The Morgan fingerprint density at radius 2 is 1.62 bits per heavy atom. The van der Waals surface area contributed by atoms with E-state index in [1.165, 1.54) is 36.1 Å². The minimum Gasteiger partial charge on any atom is -0.383 e. The molecule has 1 saturated carbocycles. The molecule has 1 aliphatic rings. The second kappa shape index (κ2) is 13.4. The number of fused-ring (bicyclic) bond motifs is 1. The maximum Gasteiger partial charge on any atom is 0.268 e. The number of para-hydroxylation sites is 1. The summed E-state index contributed by atoms with van der Waals surface area (Å²) >= 11 is 0. The molecule has 212 valence electrons. The Hall–Kier alpha value is -3.20. The summed E-state index contributed by atoms with van der Waals surface area (Å²) in [7, 11) is -3.72. The van der Waals surface area contributed by atoms with E-state index in [-0.39, 0.29) is 4.90 Å². The first-order valence-corrected chi connectivity index (χ1v) is 16.0.